The summed E-state index contributed by atoms with van der Waals surface area (Å²) < 4.78 is 15.3. The van der Waals surface area contributed by atoms with Crippen molar-refractivity contribution in [2.75, 3.05) is 0 Å². The summed E-state index contributed by atoms with van der Waals surface area (Å²) in [5.41, 5.74) is 2.09. The number of carboxylic acids is 1. The fourth-order valence-electron chi connectivity index (χ4n) is 2.08. The number of hydrogen-bond donors (Lipinski definition) is 2. The van der Waals surface area contributed by atoms with E-state index in [1.807, 2.05) is 51.1 Å². The highest BCUT2D eigenvalue weighted by Gasteiger charge is 2.30. The van der Waals surface area contributed by atoms with Crippen molar-refractivity contribution in [1.82, 2.24) is 4.72 Å². The summed E-state index contributed by atoms with van der Waals surface area (Å²) in [6.45, 7) is 5.73. The molecule has 2 N–H and O–H groups in total. The Balaban J connectivity index is 2.35. The highest BCUT2D eigenvalue weighted by atomic mass is 32.2. The third-order valence-electron chi connectivity index (χ3n) is 3.40. The van der Waals surface area contributed by atoms with E-state index in [4.69, 9.17) is 5.11 Å². The van der Waals surface area contributed by atoms with Crippen LogP contribution in [-0.2, 0) is 11.4 Å². The molecule has 5 heteroatoms. The number of aromatic carboxylic acids is 1. The lowest BCUT2D eigenvalue weighted by molar-refractivity contribution is 0.0697. The molecule has 0 saturated heterocycles. The third kappa shape index (κ3) is 4.58. The molecule has 122 valence electrons. The van der Waals surface area contributed by atoms with Crippen LogP contribution in [0.25, 0.3) is 0 Å². The van der Waals surface area contributed by atoms with Gasteiger partial charge < -0.3 is 9.66 Å². The van der Waals surface area contributed by atoms with Gasteiger partial charge in [-0.3, -0.25) is 0 Å². The predicted octanol–water partition coefficient (Wildman–Crippen LogP) is 3.53. The van der Waals surface area contributed by atoms with E-state index in [1.54, 1.807) is 24.3 Å². The standard InChI is InChI=1S/C18H21NO3S/c1-18(2,3)23(22)19-16(13-7-5-4-6-8-13)14-9-11-15(12-10-14)17(20)21/h4-12,16,19H,1-3H3,(H,20,21)/t16-,23+/m1/s1. The van der Waals surface area contributed by atoms with Crippen LogP contribution >= 0.6 is 0 Å². The molecule has 2 atom stereocenters. The molecular formula is C18H21NO3S. The molecule has 2 aromatic carbocycles. The average Bonchev–Trinajstić information content (AvgIpc) is 2.52. The van der Waals surface area contributed by atoms with Crippen LogP contribution < -0.4 is 4.72 Å². The first-order valence-corrected chi connectivity index (χ1v) is 8.50. The lowest BCUT2D eigenvalue weighted by Gasteiger charge is -2.28. The molecule has 0 aliphatic rings. The van der Waals surface area contributed by atoms with Crippen LogP contribution in [0.5, 0.6) is 0 Å². The minimum atomic E-state index is -1.25. The van der Waals surface area contributed by atoms with E-state index >= 15 is 0 Å². The molecule has 0 aliphatic heterocycles. The largest absolute Gasteiger partial charge is 0.598 e. The Morgan fingerprint density at radius 3 is 2.04 bits per heavy atom. The first kappa shape index (κ1) is 17.5. The first-order valence-electron chi connectivity index (χ1n) is 7.35. The topological polar surface area (TPSA) is 72.4 Å². The van der Waals surface area contributed by atoms with Crippen molar-refractivity contribution in [2.24, 2.45) is 0 Å². The SMILES string of the molecule is CC(C)(C)[S@+]([O-])N[C@H](c1ccccc1)c1ccc(C(=O)O)cc1. The minimum absolute atomic E-state index is 0.234. The van der Waals surface area contributed by atoms with Gasteiger partial charge in [0, 0.05) is 11.4 Å². The van der Waals surface area contributed by atoms with E-state index in [2.05, 4.69) is 4.72 Å². The quantitative estimate of drug-likeness (QED) is 0.822. The van der Waals surface area contributed by atoms with Crippen molar-refractivity contribution in [3.8, 4) is 0 Å². The first-order chi connectivity index (χ1) is 10.8. The second-order valence-electron chi connectivity index (χ2n) is 6.27. The van der Waals surface area contributed by atoms with E-state index in [0.29, 0.717) is 0 Å². The molecule has 0 aliphatic carbocycles. The zero-order valence-corrected chi connectivity index (χ0v) is 14.3. The van der Waals surface area contributed by atoms with Crippen molar-refractivity contribution >= 4 is 17.3 Å². The van der Waals surface area contributed by atoms with Gasteiger partial charge in [0.1, 0.15) is 10.8 Å². The van der Waals surface area contributed by atoms with Crippen molar-refractivity contribution < 1.29 is 14.5 Å². The third-order valence-corrected chi connectivity index (χ3v) is 4.97. The van der Waals surface area contributed by atoms with E-state index < -0.39 is 22.1 Å². The molecule has 2 rings (SSSR count). The Kier molecular flexibility index (Phi) is 5.46. The summed E-state index contributed by atoms with van der Waals surface area (Å²) in [7, 11) is 0. The maximum Gasteiger partial charge on any atom is 0.335 e. The normalized spacial score (nSPS) is 14.3. The summed E-state index contributed by atoms with van der Waals surface area (Å²) >= 11 is -1.25. The molecule has 4 nitrogen and oxygen atoms in total. The smallest absolute Gasteiger partial charge is 0.335 e. The molecule has 2 aromatic rings. The van der Waals surface area contributed by atoms with E-state index in [0.717, 1.165) is 11.1 Å². The molecule has 0 bridgehead atoms. The van der Waals surface area contributed by atoms with Gasteiger partial charge in [0.25, 0.3) is 0 Å². The van der Waals surface area contributed by atoms with Gasteiger partial charge in [-0.05, 0) is 44.0 Å². The van der Waals surface area contributed by atoms with Gasteiger partial charge in [0.15, 0.2) is 0 Å². The number of rotatable bonds is 5. The summed E-state index contributed by atoms with van der Waals surface area (Å²) in [5.74, 6) is -0.959. The Morgan fingerprint density at radius 2 is 1.57 bits per heavy atom. The second-order valence-corrected chi connectivity index (χ2v) is 8.27. The molecule has 0 saturated carbocycles. The average molecular weight is 331 g/mol. The molecule has 0 radical (unpaired) electrons. The highest BCUT2D eigenvalue weighted by molar-refractivity contribution is 7.90. The van der Waals surface area contributed by atoms with Gasteiger partial charge >= 0.3 is 5.97 Å². The van der Waals surface area contributed by atoms with E-state index in [1.165, 1.54) is 0 Å². The predicted molar refractivity (Wildman–Crippen MR) is 92.7 cm³/mol. The Labute approximate surface area is 139 Å². The highest BCUT2D eigenvalue weighted by Crippen LogP contribution is 2.26. The van der Waals surface area contributed by atoms with Crippen LogP contribution in [0.3, 0.4) is 0 Å². The van der Waals surface area contributed by atoms with Crippen LogP contribution in [0.4, 0.5) is 0 Å². The lowest BCUT2D eigenvalue weighted by atomic mass is 9.99. The zero-order chi connectivity index (χ0) is 17.0. The van der Waals surface area contributed by atoms with Gasteiger partial charge in [0.2, 0.25) is 0 Å². The molecule has 0 spiro atoms. The summed E-state index contributed by atoms with van der Waals surface area (Å²) in [4.78, 5) is 11.0. The zero-order valence-electron chi connectivity index (χ0n) is 13.4. The lowest BCUT2D eigenvalue weighted by Crippen LogP contribution is -2.41. The Bertz CT molecular complexity index is 650. The van der Waals surface area contributed by atoms with Gasteiger partial charge in [-0.1, -0.05) is 42.5 Å². The number of carboxylic acid groups (broad SMARTS) is 1. The van der Waals surface area contributed by atoms with E-state index in [-0.39, 0.29) is 11.6 Å². The molecular weight excluding hydrogens is 310 g/mol. The summed E-state index contributed by atoms with van der Waals surface area (Å²) in [5, 5.41) is 9.02. The van der Waals surface area contributed by atoms with E-state index in [9.17, 15) is 9.35 Å². The molecule has 0 aromatic heterocycles. The fourth-order valence-corrected chi connectivity index (χ4v) is 2.92. The molecule has 0 fully saturated rings. The van der Waals surface area contributed by atoms with Crippen LogP contribution in [-0.4, -0.2) is 20.4 Å². The maximum atomic E-state index is 12.5. The van der Waals surface area contributed by atoms with Crippen molar-refractivity contribution in [3.63, 3.8) is 0 Å². The van der Waals surface area contributed by atoms with Crippen LogP contribution in [0, 0.1) is 0 Å². The van der Waals surface area contributed by atoms with Gasteiger partial charge in [-0.2, -0.15) is 0 Å². The number of benzene rings is 2. The van der Waals surface area contributed by atoms with Gasteiger partial charge in [-0.15, -0.1) is 4.72 Å². The van der Waals surface area contributed by atoms with Crippen molar-refractivity contribution in [1.29, 1.82) is 0 Å². The van der Waals surface area contributed by atoms with Crippen molar-refractivity contribution in [3.05, 3.63) is 71.3 Å². The van der Waals surface area contributed by atoms with Crippen LogP contribution in [0.1, 0.15) is 48.3 Å². The van der Waals surface area contributed by atoms with Gasteiger partial charge in [-0.25, -0.2) is 4.79 Å². The van der Waals surface area contributed by atoms with Crippen LogP contribution in [0.15, 0.2) is 54.6 Å². The Hall–Kier alpha value is -1.82. The summed E-state index contributed by atoms with van der Waals surface area (Å²) in [6.07, 6.45) is 0. The Morgan fingerprint density at radius 1 is 1.04 bits per heavy atom. The molecule has 23 heavy (non-hydrogen) atoms. The molecule has 0 heterocycles. The number of carbonyl (C=O) groups is 1. The minimum Gasteiger partial charge on any atom is -0.598 e. The van der Waals surface area contributed by atoms with Gasteiger partial charge in [0.05, 0.1) is 5.56 Å². The monoisotopic (exact) mass is 331 g/mol. The van der Waals surface area contributed by atoms with Crippen LogP contribution in [0.2, 0.25) is 0 Å². The number of nitrogens with one attached hydrogen (secondary N) is 1. The fraction of sp³-hybridized carbons (Fsp3) is 0.278. The maximum absolute atomic E-state index is 12.5. The van der Waals surface area contributed by atoms with Crippen molar-refractivity contribution in [2.45, 2.75) is 31.6 Å². The molecule has 0 unspecified atom stereocenters. The summed E-state index contributed by atoms with van der Waals surface area (Å²) in [6, 6.07) is 16.1. The molecule has 0 amide bonds. The number of hydrogen-bond acceptors (Lipinski definition) is 3. The second kappa shape index (κ2) is 7.17.